The number of carbonyl (C=O) groups is 1. The summed E-state index contributed by atoms with van der Waals surface area (Å²) in [6, 6.07) is 8.50. The smallest absolute Gasteiger partial charge is 0.253 e. The van der Waals surface area contributed by atoms with Crippen molar-refractivity contribution in [2.45, 2.75) is 63.5 Å². The molecule has 25 heavy (non-hydrogen) atoms. The second-order valence-corrected chi connectivity index (χ2v) is 7.84. The zero-order valence-electron chi connectivity index (χ0n) is 15.2. The average Bonchev–Trinajstić information content (AvgIpc) is 2.66. The Balaban J connectivity index is 1.26. The Kier molecular flexibility index (Phi) is 5.25. The van der Waals surface area contributed by atoms with E-state index in [1.165, 1.54) is 38.8 Å². The molecule has 0 unspecified atom stereocenters. The van der Waals surface area contributed by atoms with Gasteiger partial charge in [0.1, 0.15) is 11.9 Å². The van der Waals surface area contributed by atoms with E-state index in [0.717, 1.165) is 56.1 Å². The van der Waals surface area contributed by atoms with Gasteiger partial charge in [-0.05, 0) is 69.5 Å². The lowest BCUT2D eigenvalue weighted by Gasteiger charge is -2.44. The standard InChI is InChI=1S/C21H30N2O2/c24-21(23-13-5-2-6-14-23)17-7-9-19(10-8-17)25-20-15-18(16-20)22-11-3-1-4-12-22/h7-10,18,20H,1-6,11-16H2/t18-,20-. The number of likely N-dealkylation sites (tertiary alicyclic amines) is 2. The van der Waals surface area contributed by atoms with Crippen molar-refractivity contribution in [3.05, 3.63) is 29.8 Å². The maximum atomic E-state index is 12.5. The minimum Gasteiger partial charge on any atom is -0.490 e. The molecule has 0 atom stereocenters. The summed E-state index contributed by atoms with van der Waals surface area (Å²) < 4.78 is 6.10. The number of hydrogen-bond donors (Lipinski definition) is 0. The molecule has 0 spiro atoms. The second-order valence-electron chi connectivity index (χ2n) is 7.84. The number of benzene rings is 1. The monoisotopic (exact) mass is 342 g/mol. The predicted molar refractivity (Wildman–Crippen MR) is 99.1 cm³/mol. The molecule has 136 valence electrons. The van der Waals surface area contributed by atoms with E-state index in [4.69, 9.17) is 4.74 Å². The van der Waals surface area contributed by atoms with Gasteiger partial charge in [0.15, 0.2) is 0 Å². The molecule has 0 N–H and O–H groups in total. The highest BCUT2D eigenvalue weighted by atomic mass is 16.5. The highest BCUT2D eigenvalue weighted by Gasteiger charge is 2.35. The Labute approximate surface area is 151 Å². The van der Waals surface area contributed by atoms with Crippen LogP contribution in [0.3, 0.4) is 0 Å². The molecule has 2 heterocycles. The Morgan fingerprint density at radius 2 is 1.44 bits per heavy atom. The van der Waals surface area contributed by atoms with Crippen molar-refractivity contribution < 1.29 is 9.53 Å². The van der Waals surface area contributed by atoms with Crippen LogP contribution < -0.4 is 4.74 Å². The molecule has 3 fully saturated rings. The molecule has 2 aliphatic heterocycles. The maximum Gasteiger partial charge on any atom is 0.253 e. The van der Waals surface area contributed by atoms with Crippen molar-refractivity contribution in [2.75, 3.05) is 26.2 Å². The Morgan fingerprint density at radius 1 is 0.840 bits per heavy atom. The number of hydrogen-bond acceptors (Lipinski definition) is 3. The number of carbonyl (C=O) groups excluding carboxylic acids is 1. The fraction of sp³-hybridized carbons (Fsp3) is 0.667. The third-order valence-electron chi connectivity index (χ3n) is 6.02. The molecule has 0 aromatic heterocycles. The lowest BCUT2D eigenvalue weighted by molar-refractivity contribution is 0.00892. The first kappa shape index (κ1) is 16.9. The molecule has 1 aromatic rings. The molecule has 1 amide bonds. The van der Waals surface area contributed by atoms with Crippen molar-refractivity contribution in [3.63, 3.8) is 0 Å². The molecule has 1 saturated carbocycles. The first-order chi connectivity index (χ1) is 12.3. The first-order valence-electron chi connectivity index (χ1n) is 10.1. The minimum atomic E-state index is 0.167. The third kappa shape index (κ3) is 4.00. The normalized spacial score (nSPS) is 27.6. The van der Waals surface area contributed by atoms with Crippen LogP contribution in [0.1, 0.15) is 61.7 Å². The summed E-state index contributed by atoms with van der Waals surface area (Å²) in [5.74, 6) is 1.07. The zero-order valence-corrected chi connectivity index (χ0v) is 15.2. The van der Waals surface area contributed by atoms with Gasteiger partial charge in [0.05, 0.1) is 0 Å². The van der Waals surface area contributed by atoms with Crippen molar-refractivity contribution in [1.29, 1.82) is 0 Å². The van der Waals surface area contributed by atoms with E-state index in [1.807, 2.05) is 29.2 Å². The van der Waals surface area contributed by atoms with Crippen molar-refractivity contribution in [1.82, 2.24) is 9.80 Å². The summed E-state index contributed by atoms with van der Waals surface area (Å²) in [5.41, 5.74) is 0.786. The first-order valence-corrected chi connectivity index (χ1v) is 10.1. The van der Waals surface area contributed by atoms with Gasteiger partial charge in [-0.25, -0.2) is 0 Å². The summed E-state index contributed by atoms with van der Waals surface area (Å²) in [7, 11) is 0. The van der Waals surface area contributed by atoms with E-state index < -0.39 is 0 Å². The van der Waals surface area contributed by atoms with Crippen LogP contribution in [-0.4, -0.2) is 54.0 Å². The third-order valence-corrected chi connectivity index (χ3v) is 6.02. The highest BCUT2D eigenvalue weighted by Crippen LogP contribution is 2.31. The van der Waals surface area contributed by atoms with E-state index in [0.29, 0.717) is 6.10 Å². The average molecular weight is 342 g/mol. The van der Waals surface area contributed by atoms with Gasteiger partial charge in [-0.3, -0.25) is 4.79 Å². The molecule has 1 aliphatic carbocycles. The van der Waals surface area contributed by atoms with Crippen LogP contribution in [0.25, 0.3) is 0 Å². The van der Waals surface area contributed by atoms with Gasteiger partial charge in [0.2, 0.25) is 0 Å². The summed E-state index contributed by atoms with van der Waals surface area (Å²) >= 11 is 0. The largest absolute Gasteiger partial charge is 0.490 e. The molecule has 4 rings (SSSR count). The van der Waals surface area contributed by atoms with Crippen LogP contribution in [0.15, 0.2) is 24.3 Å². The molecular weight excluding hydrogens is 312 g/mol. The van der Waals surface area contributed by atoms with Crippen LogP contribution >= 0.6 is 0 Å². The second kappa shape index (κ2) is 7.77. The Bertz CT molecular complexity index is 568. The van der Waals surface area contributed by atoms with Crippen LogP contribution in [0.2, 0.25) is 0 Å². The number of piperidine rings is 2. The van der Waals surface area contributed by atoms with Gasteiger partial charge in [-0.1, -0.05) is 6.42 Å². The summed E-state index contributed by atoms with van der Waals surface area (Å²) in [6.45, 7) is 4.34. The molecule has 0 radical (unpaired) electrons. The molecule has 4 heteroatoms. The SMILES string of the molecule is O=C(c1ccc(O[C@H]2C[C@H](N3CCCCC3)C2)cc1)N1CCCCC1. The van der Waals surface area contributed by atoms with Gasteiger partial charge >= 0.3 is 0 Å². The Hall–Kier alpha value is -1.55. The van der Waals surface area contributed by atoms with E-state index in [9.17, 15) is 4.79 Å². The van der Waals surface area contributed by atoms with Gasteiger partial charge in [-0.15, -0.1) is 0 Å². The summed E-state index contributed by atoms with van der Waals surface area (Å²) in [6.07, 6.45) is 10.3. The number of rotatable bonds is 4. The quantitative estimate of drug-likeness (QED) is 0.836. The van der Waals surface area contributed by atoms with E-state index in [-0.39, 0.29) is 5.91 Å². The van der Waals surface area contributed by atoms with Crippen molar-refractivity contribution >= 4 is 5.91 Å². The fourth-order valence-electron chi connectivity index (χ4n) is 4.36. The maximum absolute atomic E-state index is 12.5. The molecule has 4 nitrogen and oxygen atoms in total. The highest BCUT2D eigenvalue weighted by molar-refractivity contribution is 5.94. The van der Waals surface area contributed by atoms with Crippen LogP contribution in [0.5, 0.6) is 5.75 Å². The predicted octanol–water partition coefficient (Wildman–Crippen LogP) is 3.71. The van der Waals surface area contributed by atoms with Crippen molar-refractivity contribution in [2.24, 2.45) is 0 Å². The number of amides is 1. The Morgan fingerprint density at radius 3 is 2.08 bits per heavy atom. The van der Waals surface area contributed by atoms with Gasteiger partial charge in [-0.2, -0.15) is 0 Å². The van der Waals surface area contributed by atoms with Gasteiger partial charge in [0.25, 0.3) is 5.91 Å². The summed E-state index contributed by atoms with van der Waals surface area (Å²) in [4.78, 5) is 17.1. The van der Waals surface area contributed by atoms with E-state index in [1.54, 1.807) is 0 Å². The number of ether oxygens (including phenoxy) is 1. The molecular formula is C21H30N2O2. The molecule has 3 aliphatic rings. The summed E-state index contributed by atoms with van der Waals surface area (Å²) in [5, 5.41) is 0. The number of nitrogens with zero attached hydrogens (tertiary/aromatic N) is 2. The van der Waals surface area contributed by atoms with Crippen molar-refractivity contribution in [3.8, 4) is 5.75 Å². The zero-order chi connectivity index (χ0) is 17.1. The van der Waals surface area contributed by atoms with Crippen LogP contribution in [0, 0.1) is 0 Å². The molecule has 1 aromatic carbocycles. The minimum absolute atomic E-state index is 0.167. The van der Waals surface area contributed by atoms with E-state index >= 15 is 0 Å². The topological polar surface area (TPSA) is 32.8 Å². The van der Waals surface area contributed by atoms with E-state index in [2.05, 4.69) is 4.90 Å². The van der Waals surface area contributed by atoms with Gasteiger partial charge in [0, 0.05) is 37.5 Å². The molecule has 0 bridgehead atoms. The van der Waals surface area contributed by atoms with Gasteiger partial charge < -0.3 is 14.5 Å². The molecule has 2 saturated heterocycles. The fourth-order valence-corrected chi connectivity index (χ4v) is 4.36. The van der Waals surface area contributed by atoms with Crippen LogP contribution in [0.4, 0.5) is 0 Å². The lowest BCUT2D eigenvalue weighted by Crippen LogP contribution is -2.50. The van der Waals surface area contributed by atoms with Crippen LogP contribution in [-0.2, 0) is 0 Å². The lowest BCUT2D eigenvalue weighted by atomic mass is 9.86.